The maximum absolute atomic E-state index is 13.8. The smallest absolute Gasteiger partial charge is 0.338 e. The molecule has 0 saturated carbocycles. The molecule has 0 aliphatic heterocycles. The summed E-state index contributed by atoms with van der Waals surface area (Å²) >= 11 is 0. The number of hydrogen-bond donors (Lipinski definition) is 2. The molecule has 0 bridgehead atoms. The van der Waals surface area contributed by atoms with Gasteiger partial charge in [0.05, 0.1) is 0 Å². The monoisotopic (exact) mass is 270 g/mol. The van der Waals surface area contributed by atoms with Crippen molar-refractivity contribution in [2.75, 3.05) is 25.6 Å². The molecule has 0 aliphatic rings. The zero-order valence-corrected chi connectivity index (χ0v) is 11.4. The highest BCUT2D eigenvalue weighted by atomic mass is 19.1. The van der Waals surface area contributed by atoms with Crippen LogP contribution in [-0.2, 0) is 4.74 Å². The Kier molecular flexibility index (Phi) is 5.23. The number of aromatic carboxylic acids is 1. The molecule has 1 heterocycles. The predicted molar refractivity (Wildman–Crippen MR) is 69.9 cm³/mol. The van der Waals surface area contributed by atoms with Crippen LogP contribution in [0.25, 0.3) is 0 Å². The first-order valence-electron chi connectivity index (χ1n) is 5.98. The summed E-state index contributed by atoms with van der Waals surface area (Å²) in [5.74, 6) is -2.18. The second-order valence-electron chi connectivity index (χ2n) is 5.09. The van der Waals surface area contributed by atoms with Crippen molar-refractivity contribution in [1.29, 1.82) is 0 Å². The summed E-state index contributed by atoms with van der Waals surface area (Å²) in [4.78, 5) is 14.6. The average Bonchev–Trinajstić information content (AvgIpc) is 2.35. The topological polar surface area (TPSA) is 71.5 Å². The molecule has 0 unspecified atom stereocenters. The second kappa shape index (κ2) is 6.47. The number of hydrogen-bond acceptors (Lipinski definition) is 4. The minimum Gasteiger partial charge on any atom is -0.478 e. The number of nitrogens with one attached hydrogen (secondary N) is 1. The van der Waals surface area contributed by atoms with E-state index in [2.05, 4.69) is 10.3 Å². The molecule has 1 aromatic heterocycles. The van der Waals surface area contributed by atoms with E-state index in [9.17, 15) is 9.18 Å². The number of anilines is 1. The summed E-state index contributed by atoms with van der Waals surface area (Å²) < 4.78 is 18.8. The maximum Gasteiger partial charge on any atom is 0.338 e. The normalized spacial score (nSPS) is 11.4. The lowest BCUT2D eigenvalue weighted by molar-refractivity contribution is 0.0692. The van der Waals surface area contributed by atoms with E-state index in [0.29, 0.717) is 13.2 Å². The molecule has 0 aromatic carbocycles. The number of nitrogens with zero attached hydrogens (tertiary/aromatic N) is 1. The summed E-state index contributed by atoms with van der Waals surface area (Å²) in [5.41, 5.74) is -0.490. The first kappa shape index (κ1) is 15.4. The minimum absolute atomic E-state index is 0.0367. The lowest BCUT2D eigenvalue weighted by Gasteiger charge is -2.25. The van der Waals surface area contributed by atoms with Gasteiger partial charge in [-0.3, -0.25) is 0 Å². The van der Waals surface area contributed by atoms with Crippen LogP contribution >= 0.6 is 0 Å². The van der Waals surface area contributed by atoms with Crippen LogP contribution in [-0.4, -0.2) is 36.3 Å². The number of rotatable bonds is 7. The lowest BCUT2D eigenvalue weighted by atomic mass is 9.90. The molecule has 1 aromatic rings. The van der Waals surface area contributed by atoms with Crippen LogP contribution in [0, 0.1) is 11.2 Å². The Morgan fingerprint density at radius 3 is 2.84 bits per heavy atom. The highest BCUT2D eigenvalue weighted by molar-refractivity contribution is 5.88. The number of pyridine rings is 1. The third-order valence-electron chi connectivity index (χ3n) is 2.84. The van der Waals surface area contributed by atoms with Gasteiger partial charge in [0.25, 0.3) is 0 Å². The molecule has 0 fully saturated rings. The average molecular weight is 270 g/mol. The van der Waals surface area contributed by atoms with Crippen molar-refractivity contribution >= 4 is 11.8 Å². The van der Waals surface area contributed by atoms with Crippen molar-refractivity contribution in [3.63, 3.8) is 0 Å². The quantitative estimate of drug-likeness (QED) is 0.796. The van der Waals surface area contributed by atoms with Crippen LogP contribution in [0.2, 0.25) is 0 Å². The molecule has 2 N–H and O–H groups in total. The molecule has 0 aliphatic carbocycles. The van der Waals surface area contributed by atoms with Gasteiger partial charge < -0.3 is 15.2 Å². The first-order valence-corrected chi connectivity index (χ1v) is 5.98. The molecule has 6 heteroatoms. The van der Waals surface area contributed by atoms with Crippen molar-refractivity contribution in [2.45, 2.75) is 20.3 Å². The fraction of sp³-hybridized carbons (Fsp3) is 0.538. The van der Waals surface area contributed by atoms with Gasteiger partial charge in [-0.25, -0.2) is 14.2 Å². The van der Waals surface area contributed by atoms with Gasteiger partial charge in [-0.2, -0.15) is 0 Å². The molecular formula is C13H19FN2O3. The van der Waals surface area contributed by atoms with Crippen LogP contribution in [0.4, 0.5) is 10.2 Å². The fourth-order valence-electron chi connectivity index (χ4n) is 1.52. The SMILES string of the molecule is COCCC(C)(C)CNc1nccc(C(=O)O)c1F. The van der Waals surface area contributed by atoms with Crippen molar-refractivity contribution in [2.24, 2.45) is 5.41 Å². The number of methoxy groups -OCH3 is 1. The Balaban J connectivity index is 2.73. The van der Waals surface area contributed by atoms with Crippen LogP contribution in [0.3, 0.4) is 0 Å². The Bertz CT molecular complexity index is 450. The number of ether oxygens (including phenoxy) is 1. The van der Waals surface area contributed by atoms with Crippen LogP contribution in [0.1, 0.15) is 30.6 Å². The van der Waals surface area contributed by atoms with Crippen molar-refractivity contribution in [3.8, 4) is 0 Å². The number of aromatic nitrogens is 1. The second-order valence-corrected chi connectivity index (χ2v) is 5.09. The third-order valence-corrected chi connectivity index (χ3v) is 2.84. The summed E-state index contributed by atoms with van der Waals surface area (Å²) in [6.45, 7) is 5.11. The van der Waals surface area contributed by atoms with Gasteiger partial charge >= 0.3 is 5.97 Å². The molecule has 0 atom stereocenters. The highest BCUT2D eigenvalue weighted by Gasteiger charge is 2.20. The summed E-state index contributed by atoms with van der Waals surface area (Å²) in [6, 6.07) is 1.14. The van der Waals surface area contributed by atoms with Gasteiger partial charge in [0.2, 0.25) is 0 Å². The van der Waals surface area contributed by atoms with Crippen LogP contribution < -0.4 is 5.32 Å². The van der Waals surface area contributed by atoms with Crippen LogP contribution in [0.5, 0.6) is 0 Å². The van der Waals surface area contributed by atoms with Gasteiger partial charge in [-0.05, 0) is 17.9 Å². The fourth-order valence-corrected chi connectivity index (χ4v) is 1.52. The van der Waals surface area contributed by atoms with Crippen molar-refractivity contribution in [3.05, 3.63) is 23.6 Å². The first-order chi connectivity index (χ1) is 8.87. The van der Waals surface area contributed by atoms with Gasteiger partial charge in [-0.15, -0.1) is 0 Å². The van der Waals surface area contributed by atoms with E-state index < -0.39 is 11.8 Å². The minimum atomic E-state index is -1.30. The summed E-state index contributed by atoms with van der Waals surface area (Å²) in [5, 5.41) is 11.7. The van der Waals surface area contributed by atoms with Crippen molar-refractivity contribution in [1.82, 2.24) is 4.98 Å². The van der Waals surface area contributed by atoms with E-state index >= 15 is 0 Å². The highest BCUT2D eigenvalue weighted by Crippen LogP contribution is 2.22. The van der Waals surface area contributed by atoms with E-state index in [1.165, 1.54) is 6.20 Å². The van der Waals surface area contributed by atoms with Crippen LogP contribution in [0.15, 0.2) is 12.3 Å². The lowest BCUT2D eigenvalue weighted by Crippen LogP contribution is -2.25. The van der Waals surface area contributed by atoms with E-state index in [1.54, 1.807) is 7.11 Å². The largest absolute Gasteiger partial charge is 0.478 e. The molecule has 0 radical (unpaired) electrons. The maximum atomic E-state index is 13.8. The molecule has 0 saturated heterocycles. The van der Waals surface area contributed by atoms with Crippen molar-refractivity contribution < 1.29 is 19.0 Å². The van der Waals surface area contributed by atoms with E-state index in [1.807, 2.05) is 13.8 Å². The Morgan fingerprint density at radius 1 is 1.58 bits per heavy atom. The molecule has 106 valence electrons. The van der Waals surface area contributed by atoms with Gasteiger partial charge in [0, 0.05) is 26.5 Å². The Morgan fingerprint density at radius 2 is 2.26 bits per heavy atom. The number of halogens is 1. The molecule has 0 amide bonds. The molecule has 5 nitrogen and oxygen atoms in total. The molecule has 1 rings (SSSR count). The predicted octanol–water partition coefficient (Wildman–Crippen LogP) is 2.39. The van der Waals surface area contributed by atoms with E-state index in [-0.39, 0.29) is 16.8 Å². The number of carboxylic acids is 1. The Labute approximate surface area is 111 Å². The molecule has 0 spiro atoms. The number of carboxylic acid groups (broad SMARTS) is 1. The summed E-state index contributed by atoms with van der Waals surface area (Å²) in [7, 11) is 1.63. The zero-order valence-electron chi connectivity index (χ0n) is 11.4. The molecular weight excluding hydrogens is 251 g/mol. The molecule has 19 heavy (non-hydrogen) atoms. The standard InChI is InChI=1S/C13H19FN2O3/c1-13(2,5-7-19-3)8-16-11-10(14)9(12(17)18)4-6-15-11/h4,6H,5,7-8H2,1-3H3,(H,15,16)(H,17,18). The van der Waals surface area contributed by atoms with Gasteiger partial charge in [0.1, 0.15) is 5.56 Å². The van der Waals surface area contributed by atoms with E-state index in [0.717, 1.165) is 12.5 Å². The van der Waals surface area contributed by atoms with E-state index in [4.69, 9.17) is 9.84 Å². The zero-order chi connectivity index (χ0) is 14.5. The van der Waals surface area contributed by atoms with Gasteiger partial charge in [0.15, 0.2) is 11.6 Å². The van der Waals surface area contributed by atoms with Gasteiger partial charge in [-0.1, -0.05) is 13.8 Å². The Hall–Kier alpha value is -1.69. The number of carbonyl (C=O) groups is 1. The summed E-state index contributed by atoms with van der Waals surface area (Å²) in [6.07, 6.45) is 2.08. The third kappa shape index (κ3) is 4.48.